The van der Waals surface area contributed by atoms with E-state index in [1.54, 1.807) is 12.0 Å². The van der Waals surface area contributed by atoms with Crippen LogP contribution in [0.15, 0.2) is 24.3 Å². The van der Waals surface area contributed by atoms with Crippen molar-refractivity contribution in [1.82, 2.24) is 4.90 Å². The maximum Gasteiger partial charge on any atom is 0.173 e. The van der Waals surface area contributed by atoms with Crippen LogP contribution in [0.4, 0.5) is 5.69 Å². The minimum Gasteiger partial charge on any atom is -0.497 e. The summed E-state index contributed by atoms with van der Waals surface area (Å²) in [7, 11) is 4.12. The molecule has 144 valence electrons. The van der Waals surface area contributed by atoms with E-state index in [9.17, 15) is 0 Å². The van der Waals surface area contributed by atoms with Crippen LogP contribution < -0.4 is 15.0 Å². The summed E-state index contributed by atoms with van der Waals surface area (Å²) in [5.41, 5.74) is 0.996. The summed E-state index contributed by atoms with van der Waals surface area (Å²) in [6.07, 6.45) is 8.12. The molecule has 2 aliphatic rings. The minimum absolute atomic E-state index is 0.774. The topological polar surface area (TPSA) is 28.9 Å². The van der Waals surface area contributed by atoms with Crippen LogP contribution in [0.3, 0.4) is 0 Å². The lowest BCUT2D eigenvalue weighted by Gasteiger charge is -2.41. The van der Waals surface area contributed by atoms with Crippen molar-refractivity contribution in [2.24, 2.45) is 5.92 Å². The van der Waals surface area contributed by atoms with Gasteiger partial charge in [0.1, 0.15) is 5.75 Å². The van der Waals surface area contributed by atoms with Crippen LogP contribution in [0.5, 0.6) is 5.75 Å². The summed E-state index contributed by atoms with van der Waals surface area (Å²) in [5.74, 6) is 1.72. The zero-order valence-corrected chi connectivity index (χ0v) is 17.3. The Bertz CT molecular complexity index is 601. The first-order chi connectivity index (χ1) is 12.6. The van der Waals surface area contributed by atoms with Gasteiger partial charge < -0.3 is 19.9 Å². The molecule has 1 aromatic carbocycles. The Morgan fingerprint density at radius 3 is 2.62 bits per heavy atom. The van der Waals surface area contributed by atoms with Crippen molar-refractivity contribution in [3.63, 3.8) is 0 Å². The van der Waals surface area contributed by atoms with E-state index in [4.69, 9.17) is 17.0 Å². The number of hydrogen-bond donors (Lipinski definition) is 2. The molecule has 1 aromatic rings. The average molecular weight is 377 g/mol. The quantitative estimate of drug-likeness (QED) is 0.791. The van der Waals surface area contributed by atoms with Gasteiger partial charge in [-0.3, -0.25) is 0 Å². The second-order valence-electron chi connectivity index (χ2n) is 8.04. The van der Waals surface area contributed by atoms with Gasteiger partial charge >= 0.3 is 0 Å². The smallest absolute Gasteiger partial charge is 0.173 e. The van der Waals surface area contributed by atoms with E-state index in [-0.39, 0.29) is 0 Å². The highest BCUT2D eigenvalue weighted by atomic mass is 32.1. The lowest BCUT2D eigenvalue weighted by Crippen LogP contribution is -3.17. The van der Waals surface area contributed by atoms with E-state index < -0.39 is 0 Å². The fourth-order valence-corrected chi connectivity index (χ4v) is 5.04. The fourth-order valence-electron chi connectivity index (χ4n) is 4.74. The van der Waals surface area contributed by atoms with E-state index in [0.29, 0.717) is 0 Å². The summed E-state index contributed by atoms with van der Waals surface area (Å²) >= 11 is 5.65. The largest absolute Gasteiger partial charge is 0.497 e. The number of benzene rings is 1. The molecular weight excluding hydrogens is 342 g/mol. The molecule has 1 saturated heterocycles. The molecule has 5 heteroatoms. The normalized spacial score (nSPS) is 25.6. The molecule has 0 radical (unpaired) electrons. The number of rotatable bonds is 4. The molecule has 4 nitrogen and oxygen atoms in total. The van der Waals surface area contributed by atoms with Crippen molar-refractivity contribution >= 4 is 23.0 Å². The molecule has 2 fully saturated rings. The Hall–Kier alpha value is -1.33. The van der Waals surface area contributed by atoms with Crippen LogP contribution in [0.2, 0.25) is 0 Å². The predicted octanol–water partition coefficient (Wildman–Crippen LogP) is 2.95. The molecule has 1 aliphatic heterocycles. The average Bonchev–Trinajstić information content (AvgIpc) is 2.68. The van der Waals surface area contributed by atoms with Crippen LogP contribution in [0.1, 0.15) is 45.4 Å². The third-order valence-corrected chi connectivity index (χ3v) is 6.80. The second-order valence-corrected chi connectivity index (χ2v) is 8.42. The molecule has 26 heavy (non-hydrogen) atoms. The Morgan fingerprint density at radius 2 is 1.92 bits per heavy atom. The van der Waals surface area contributed by atoms with Crippen molar-refractivity contribution < 1.29 is 9.64 Å². The maximum absolute atomic E-state index is 5.65. The highest BCUT2D eigenvalue weighted by molar-refractivity contribution is 7.80. The number of piperidine rings is 1. The molecule has 0 aromatic heterocycles. The molecule has 1 saturated carbocycles. The summed E-state index contributed by atoms with van der Waals surface area (Å²) < 4.78 is 5.29. The van der Waals surface area contributed by atoms with Gasteiger partial charge in [0.05, 0.1) is 26.2 Å². The van der Waals surface area contributed by atoms with Gasteiger partial charge in [-0.1, -0.05) is 19.4 Å². The molecule has 3 rings (SSSR count). The van der Waals surface area contributed by atoms with Gasteiger partial charge in [0.15, 0.2) is 5.11 Å². The number of hydrogen-bond acceptors (Lipinski definition) is 2. The van der Waals surface area contributed by atoms with Gasteiger partial charge in [-0.25, -0.2) is 0 Å². The summed E-state index contributed by atoms with van der Waals surface area (Å²) in [5, 5.41) is 4.21. The fraction of sp³-hybridized carbons (Fsp3) is 0.667. The van der Waals surface area contributed by atoms with Crippen LogP contribution in [0, 0.1) is 5.92 Å². The van der Waals surface area contributed by atoms with E-state index in [0.717, 1.165) is 47.6 Å². The molecule has 0 amide bonds. The van der Waals surface area contributed by atoms with Crippen molar-refractivity contribution in [2.75, 3.05) is 32.6 Å². The van der Waals surface area contributed by atoms with Crippen molar-refractivity contribution in [3.05, 3.63) is 24.3 Å². The van der Waals surface area contributed by atoms with Crippen molar-refractivity contribution in [1.29, 1.82) is 0 Å². The van der Waals surface area contributed by atoms with Crippen LogP contribution in [-0.2, 0) is 0 Å². The van der Waals surface area contributed by atoms with E-state index >= 15 is 0 Å². The standard InChI is InChI=1S/C21H33N3OS/c1-16-7-4-5-10-20(16)23(2)18-11-13-24(14-12-18)21(26)22-17-8-6-9-19(15-17)25-3/h6,8-9,15-16,18,20H,4-5,7,10-14H2,1-3H3,(H,22,26)/p+1. The van der Waals surface area contributed by atoms with Gasteiger partial charge in [-0.05, 0) is 43.6 Å². The maximum atomic E-state index is 5.65. The zero-order chi connectivity index (χ0) is 18.5. The molecule has 1 heterocycles. The number of quaternary nitrogens is 1. The SMILES string of the molecule is COc1cccc(NC(=S)N2CCC([NH+](C)C3CCCCC3C)CC2)c1. The van der Waals surface area contributed by atoms with Gasteiger partial charge in [-0.2, -0.15) is 0 Å². The molecule has 0 spiro atoms. The van der Waals surface area contributed by atoms with Crippen molar-refractivity contribution in [3.8, 4) is 5.75 Å². The summed E-state index contributed by atoms with van der Waals surface area (Å²) in [6.45, 7) is 4.56. The Kier molecular flexibility index (Phi) is 6.76. The molecule has 1 aliphatic carbocycles. The van der Waals surface area contributed by atoms with E-state index in [1.165, 1.54) is 38.5 Å². The highest BCUT2D eigenvalue weighted by Crippen LogP contribution is 2.23. The van der Waals surface area contributed by atoms with Crippen LogP contribution in [0.25, 0.3) is 0 Å². The molecule has 3 atom stereocenters. The van der Waals surface area contributed by atoms with Gasteiger partial charge in [0, 0.05) is 43.6 Å². The number of ether oxygens (including phenoxy) is 1. The highest BCUT2D eigenvalue weighted by Gasteiger charge is 2.34. The molecular formula is C21H34N3OS+. The van der Waals surface area contributed by atoms with Gasteiger partial charge in [0.2, 0.25) is 0 Å². The molecule has 0 bridgehead atoms. The summed E-state index contributed by atoms with van der Waals surface area (Å²) in [4.78, 5) is 4.09. The molecule has 2 N–H and O–H groups in total. The first-order valence-electron chi connectivity index (χ1n) is 10.1. The van der Waals surface area contributed by atoms with E-state index in [2.05, 4.69) is 24.2 Å². The second kappa shape index (κ2) is 9.05. The lowest BCUT2D eigenvalue weighted by molar-refractivity contribution is -0.937. The van der Waals surface area contributed by atoms with E-state index in [1.807, 2.05) is 24.3 Å². The Labute approximate surface area is 163 Å². The monoisotopic (exact) mass is 376 g/mol. The van der Waals surface area contributed by atoms with Crippen LogP contribution in [-0.4, -0.2) is 49.3 Å². The Morgan fingerprint density at radius 1 is 1.19 bits per heavy atom. The van der Waals surface area contributed by atoms with Gasteiger partial charge in [-0.15, -0.1) is 0 Å². The first-order valence-corrected chi connectivity index (χ1v) is 10.5. The van der Waals surface area contributed by atoms with Crippen molar-refractivity contribution in [2.45, 2.75) is 57.5 Å². The number of methoxy groups -OCH3 is 1. The van der Waals surface area contributed by atoms with Gasteiger partial charge in [0.25, 0.3) is 0 Å². The number of likely N-dealkylation sites (tertiary alicyclic amines) is 1. The number of thiocarbonyl (C=S) groups is 1. The lowest BCUT2D eigenvalue weighted by atomic mass is 9.84. The first kappa shape index (κ1) is 19.4. The number of nitrogens with one attached hydrogen (secondary N) is 2. The minimum atomic E-state index is 0.774. The van der Waals surface area contributed by atoms with Crippen LogP contribution >= 0.6 is 12.2 Å². The number of nitrogens with zero attached hydrogens (tertiary/aromatic N) is 1. The predicted molar refractivity (Wildman–Crippen MR) is 112 cm³/mol. The third kappa shape index (κ3) is 4.68. The molecule has 3 unspecified atom stereocenters. The number of anilines is 1. The third-order valence-electron chi connectivity index (χ3n) is 6.44. The summed E-state index contributed by atoms with van der Waals surface area (Å²) in [6, 6.07) is 9.58. The Balaban J connectivity index is 1.50. The zero-order valence-electron chi connectivity index (χ0n) is 16.5.